The number of carbonyl (C=O) groups excluding carboxylic acids is 2. The first-order valence-corrected chi connectivity index (χ1v) is 6.03. The minimum absolute atomic E-state index is 0.0851. The van der Waals surface area contributed by atoms with Crippen LogP contribution in [0.5, 0.6) is 0 Å². The number of carbonyl (C=O) groups is 2. The molecule has 0 saturated heterocycles. The predicted octanol–water partition coefficient (Wildman–Crippen LogP) is 3.18. The van der Waals surface area contributed by atoms with Crippen LogP contribution in [-0.2, 0) is 4.79 Å². The summed E-state index contributed by atoms with van der Waals surface area (Å²) in [7, 11) is 0. The second-order valence-electron chi connectivity index (χ2n) is 4.14. The van der Waals surface area contributed by atoms with Crippen molar-refractivity contribution in [2.24, 2.45) is 0 Å². The fourth-order valence-electron chi connectivity index (χ4n) is 1.58. The standard InChI is InChI=1S/C14H12ClNO3/c1-8-3-4-10(7-11(8)15)12-5-6-13(19-12)14(18)16-9(2)17/h3-7H,1-2H3,(H,16,17,18). The average Bonchev–Trinajstić information content (AvgIpc) is 2.81. The molecule has 0 bridgehead atoms. The van der Waals surface area contributed by atoms with E-state index >= 15 is 0 Å². The molecule has 4 nitrogen and oxygen atoms in total. The number of aryl methyl sites for hydroxylation is 1. The Labute approximate surface area is 115 Å². The number of imide groups is 1. The first kappa shape index (κ1) is 13.4. The molecule has 0 saturated carbocycles. The molecule has 0 radical (unpaired) electrons. The summed E-state index contributed by atoms with van der Waals surface area (Å²) in [5, 5.41) is 2.78. The van der Waals surface area contributed by atoms with Crippen molar-refractivity contribution in [1.82, 2.24) is 5.32 Å². The Bertz CT molecular complexity index is 646. The summed E-state index contributed by atoms with van der Waals surface area (Å²) in [6.07, 6.45) is 0. The Kier molecular flexibility index (Phi) is 3.71. The van der Waals surface area contributed by atoms with Crippen LogP contribution in [0.25, 0.3) is 11.3 Å². The summed E-state index contributed by atoms with van der Waals surface area (Å²) in [5.74, 6) is -0.379. The Morgan fingerprint density at radius 2 is 1.95 bits per heavy atom. The van der Waals surface area contributed by atoms with E-state index in [1.807, 2.05) is 19.1 Å². The van der Waals surface area contributed by atoms with Gasteiger partial charge in [0.1, 0.15) is 5.76 Å². The van der Waals surface area contributed by atoms with E-state index in [2.05, 4.69) is 5.32 Å². The van der Waals surface area contributed by atoms with Crippen molar-refractivity contribution in [3.63, 3.8) is 0 Å². The lowest BCUT2D eigenvalue weighted by molar-refractivity contribution is -0.118. The van der Waals surface area contributed by atoms with Gasteiger partial charge in [-0.2, -0.15) is 0 Å². The number of hydrogen-bond acceptors (Lipinski definition) is 3. The maximum Gasteiger partial charge on any atom is 0.293 e. The molecule has 2 amide bonds. The normalized spacial score (nSPS) is 10.3. The van der Waals surface area contributed by atoms with E-state index in [1.165, 1.54) is 13.0 Å². The summed E-state index contributed by atoms with van der Waals surface area (Å²) in [6.45, 7) is 3.17. The van der Waals surface area contributed by atoms with E-state index in [9.17, 15) is 9.59 Å². The number of halogens is 1. The Hall–Kier alpha value is -2.07. The van der Waals surface area contributed by atoms with E-state index < -0.39 is 11.8 Å². The molecular formula is C14H12ClNO3. The molecule has 1 aromatic carbocycles. The third kappa shape index (κ3) is 3.03. The van der Waals surface area contributed by atoms with Crippen molar-refractivity contribution in [2.45, 2.75) is 13.8 Å². The number of furan rings is 1. The van der Waals surface area contributed by atoms with Gasteiger partial charge in [0, 0.05) is 17.5 Å². The molecule has 0 unspecified atom stereocenters. The first-order valence-electron chi connectivity index (χ1n) is 5.65. The van der Waals surface area contributed by atoms with Crippen molar-refractivity contribution in [3.8, 4) is 11.3 Å². The zero-order chi connectivity index (χ0) is 14.0. The van der Waals surface area contributed by atoms with Crippen LogP contribution in [0.4, 0.5) is 0 Å². The SMILES string of the molecule is CC(=O)NC(=O)c1ccc(-c2ccc(C)c(Cl)c2)o1. The molecule has 0 aliphatic rings. The van der Waals surface area contributed by atoms with E-state index in [1.54, 1.807) is 12.1 Å². The molecule has 2 aromatic rings. The van der Waals surface area contributed by atoms with Crippen molar-refractivity contribution < 1.29 is 14.0 Å². The van der Waals surface area contributed by atoms with Crippen molar-refractivity contribution in [3.05, 3.63) is 46.7 Å². The third-order valence-corrected chi connectivity index (χ3v) is 2.98. The van der Waals surface area contributed by atoms with Gasteiger partial charge < -0.3 is 4.42 Å². The minimum Gasteiger partial charge on any atom is -0.451 e. The number of rotatable bonds is 2. The van der Waals surface area contributed by atoms with Crippen molar-refractivity contribution in [1.29, 1.82) is 0 Å². The van der Waals surface area contributed by atoms with E-state index in [4.69, 9.17) is 16.0 Å². The van der Waals surface area contributed by atoms with Gasteiger partial charge in [-0.1, -0.05) is 23.7 Å². The van der Waals surface area contributed by atoms with Crippen molar-refractivity contribution >= 4 is 23.4 Å². The summed E-state index contributed by atoms with van der Waals surface area (Å²) in [6, 6.07) is 8.67. The number of amides is 2. The lowest BCUT2D eigenvalue weighted by atomic mass is 10.1. The van der Waals surface area contributed by atoms with Crippen LogP contribution >= 0.6 is 11.6 Å². The van der Waals surface area contributed by atoms with Gasteiger partial charge in [0.25, 0.3) is 5.91 Å². The highest BCUT2D eigenvalue weighted by atomic mass is 35.5. The lowest BCUT2D eigenvalue weighted by Gasteiger charge is -2.01. The minimum atomic E-state index is -0.558. The van der Waals surface area contributed by atoms with Crippen molar-refractivity contribution in [2.75, 3.05) is 0 Å². The number of hydrogen-bond donors (Lipinski definition) is 1. The second-order valence-corrected chi connectivity index (χ2v) is 4.55. The largest absolute Gasteiger partial charge is 0.451 e. The predicted molar refractivity (Wildman–Crippen MR) is 72.0 cm³/mol. The molecular weight excluding hydrogens is 266 g/mol. The molecule has 1 aromatic heterocycles. The zero-order valence-electron chi connectivity index (χ0n) is 10.5. The smallest absolute Gasteiger partial charge is 0.293 e. The quantitative estimate of drug-likeness (QED) is 0.917. The summed E-state index contributed by atoms with van der Waals surface area (Å²) in [4.78, 5) is 22.4. The van der Waals surface area contributed by atoms with Crippen LogP contribution in [0, 0.1) is 6.92 Å². The van der Waals surface area contributed by atoms with Gasteiger partial charge in [-0.15, -0.1) is 0 Å². The van der Waals surface area contributed by atoms with Gasteiger partial charge in [-0.3, -0.25) is 14.9 Å². The van der Waals surface area contributed by atoms with E-state index in [-0.39, 0.29) is 5.76 Å². The molecule has 2 rings (SSSR count). The van der Waals surface area contributed by atoms with Crippen LogP contribution in [-0.4, -0.2) is 11.8 Å². The van der Waals surface area contributed by atoms with Gasteiger partial charge in [-0.25, -0.2) is 0 Å². The van der Waals surface area contributed by atoms with Crippen LogP contribution in [0.3, 0.4) is 0 Å². The van der Waals surface area contributed by atoms with Gasteiger partial charge >= 0.3 is 0 Å². The first-order chi connectivity index (χ1) is 8.97. The lowest BCUT2D eigenvalue weighted by Crippen LogP contribution is -2.27. The van der Waals surface area contributed by atoms with E-state index in [0.717, 1.165) is 11.1 Å². The van der Waals surface area contributed by atoms with Crippen LogP contribution < -0.4 is 5.32 Å². The molecule has 0 atom stereocenters. The molecule has 0 aliphatic heterocycles. The van der Waals surface area contributed by atoms with Crippen LogP contribution in [0.2, 0.25) is 5.02 Å². The number of benzene rings is 1. The zero-order valence-corrected chi connectivity index (χ0v) is 11.2. The monoisotopic (exact) mass is 277 g/mol. The Morgan fingerprint density at radius 1 is 1.21 bits per heavy atom. The summed E-state index contributed by atoms with van der Waals surface area (Å²) >= 11 is 6.04. The highest BCUT2D eigenvalue weighted by Crippen LogP contribution is 2.26. The molecule has 19 heavy (non-hydrogen) atoms. The van der Waals surface area contributed by atoms with Gasteiger partial charge in [-0.05, 0) is 30.7 Å². The highest BCUT2D eigenvalue weighted by molar-refractivity contribution is 6.31. The Balaban J connectivity index is 2.27. The van der Waals surface area contributed by atoms with Gasteiger partial charge in [0.05, 0.1) is 0 Å². The van der Waals surface area contributed by atoms with E-state index in [0.29, 0.717) is 10.8 Å². The average molecular weight is 278 g/mol. The second kappa shape index (κ2) is 5.28. The van der Waals surface area contributed by atoms with Crippen LogP contribution in [0.15, 0.2) is 34.7 Å². The summed E-state index contributed by atoms with van der Waals surface area (Å²) < 4.78 is 5.40. The molecule has 1 heterocycles. The highest BCUT2D eigenvalue weighted by Gasteiger charge is 2.13. The molecule has 1 N–H and O–H groups in total. The molecule has 0 fully saturated rings. The molecule has 0 aliphatic carbocycles. The maximum atomic E-state index is 11.6. The Morgan fingerprint density at radius 3 is 2.58 bits per heavy atom. The molecule has 0 spiro atoms. The van der Waals surface area contributed by atoms with Gasteiger partial charge in [0.15, 0.2) is 5.76 Å². The van der Waals surface area contributed by atoms with Crippen LogP contribution in [0.1, 0.15) is 23.0 Å². The fourth-order valence-corrected chi connectivity index (χ4v) is 1.76. The third-order valence-electron chi connectivity index (χ3n) is 2.58. The number of nitrogens with one attached hydrogen (secondary N) is 1. The topological polar surface area (TPSA) is 59.3 Å². The fraction of sp³-hybridized carbons (Fsp3) is 0.143. The molecule has 5 heteroatoms. The molecule has 98 valence electrons. The van der Waals surface area contributed by atoms with Gasteiger partial charge in [0.2, 0.25) is 5.91 Å². The summed E-state index contributed by atoms with van der Waals surface area (Å²) in [5.41, 5.74) is 1.74. The maximum absolute atomic E-state index is 11.6.